The lowest BCUT2D eigenvalue weighted by molar-refractivity contribution is -0.385. The second-order valence-electron chi connectivity index (χ2n) is 6.40. The zero-order chi connectivity index (χ0) is 23.3. The molecule has 0 aromatic heterocycles. The van der Waals surface area contributed by atoms with E-state index in [0.29, 0.717) is 15.2 Å². The first-order valence-corrected chi connectivity index (χ1v) is 10.4. The van der Waals surface area contributed by atoms with Gasteiger partial charge in [0.15, 0.2) is 11.5 Å². The molecule has 3 aromatic carbocycles. The predicted molar refractivity (Wildman–Crippen MR) is 122 cm³/mol. The van der Waals surface area contributed by atoms with Crippen molar-refractivity contribution in [3.63, 3.8) is 0 Å². The molecule has 3 rings (SSSR count). The Kier molecular flexibility index (Phi) is 7.33. The third kappa shape index (κ3) is 5.75. The number of ether oxygens (including phenoxy) is 2. The summed E-state index contributed by atoms with van der Waals surface area (Å²) < 4.78 is 50.7. The molecule has 6 nitrogen and oxygen atoms in total. The molecule has 0 unspecified atom stereocenters. The molecule has 0 aliphatic heterocycles. The fourth-order valence-electron chi connectivity index (χ4n) is 2.72. The Hall–Kier alpha value is -3.15. The van der Waals surface area contributed by atoms with Crippen LogP contribution in [-0.2, 0) is 6.18 Å². The van der Waals surface area contributed by atoms with Crippen LogP contribution in [0.3, 0.4) is 0 Å². The summed E-state index contributed by atoms with van der Waals surface area (Å²) in [5.41, 5.74) is -0.492. The Morgan fingerprint density at radius 3 is 2.44 bits per heavy atom. The van der Waals surface area contributed by atoms with Gasteiger partial charge >= 0.3 is 11.9 Å². The van der Waals surface area contributed by atoms with E-state index < -0.39 is 22.4 Å². The van der Waals surface area contributed by atoms with Crippen LogP contribution < -0.4 is 9.47 Å². The van der Waals surface area contributed by atoms with Crippen molar-refractivity contribution in [1.29, 1.82) is 0 Å². The Morgan fingerprint density at radius 1 is 1.09 bits per heavy atom. The van der Waals surface area contributed by atoms with Crippen molar-refractivity contribution in [2.24, 2.45) is 4.99 Å². The SMILES string of the molecule is CCOc1cc(C=Nc2ccccc2)cc(I)c1Oc1ccc(C(F)(F)F)cc1[N+](=O)[O-]. The highest BCUT2D eigenvalue weighted by atomic mass is 127. The van der Waals surface area contributed by atoms with Crippen LogP contribution in [0.1, 0.15) is 18.1 Å². The number of nitro benzene ring substituents is 1. The van der Waals surface area contributed by atoms with Crippen molar-refractivity contribution in [2.75, 3.05) is 6.61 Å². The van der Waals surface area contributed by atoms with E-state index in [1.165, 1.54) is 0 Å². The molecule has 10 heteroatoms. The van der Waals surface area contributed by atoms with E-state index in [0.717, 1.165) is 17.8 Å². The number of para-hydroxylation sites is 1. The fourth-order valence-corrected chi connectivity index (χ4v) is 3.46. The highest BCUT2D eigenvalue weighted by Crippen LogP contribution is 2.42. The van der Waals surface area contributed by atoms with Gasteiger partial charge in [0.1, 0.15) is 0 Å². The predicted octanol–water partition coefficient (Wildman–Crippen LogP) is 7.16. The summed E-state index contributed by atoms with van der Waals surface area (Å²) >= 11 is 1.96. The van der Waals surface area contributed by atoms with Crippen LogP contribution in [0.15, 0.2) is 65.7 Å². The fraction of sp³-hybridized carbons (Fsp3) is 0.136. The molecule has 0 bridgehead atoms. The summed E-state index contributed by atoms with van der Waals surface area (Å²) in [7, 11) is 0. The molecule has 0 saturated carbocycles. The highest BCUT2D eigenvalue weighted by molar-refractivity contribution is 14.1. The van der Waals surface area contributed by atoms with Gasteiger partial charge in [-0.25, -0.2) is 0 Å². The van der Waals surface area contributed by atoms with E-state index in [4.69, 9.17) is 9.47 Å². The molecular formula is C22H16F3IN2O4. The van der Waals surface area contributed by atoms with Crippen molar-refractivity contribution in [3.8, 4) is 17.2 Å². The largest absolute Gasteiger partial charge is 0.490 e. The van der Waals surface area contributed by atoms with E-state index in [-0.39, 0.29) is 23.9 Å². The molecule has 0 N–H and O–H groups in total. The second-order valence-corrected chi connectivity index (χ2v) is 7.56. The second kappa shape index (κ2) is 9.98. The third-order valence-electron chi connectivity index (χ3n) is 4.15. The van der Waals surface area contributed by atoms with E-state index in [2.05, 4.69) is 4.99 Å². The Labute approximate surface area is 195 Å². The molecule has 166 valence electrons. The number of hydrogen-bond acceptors (Lipinski definition) is 5. The van der Waals surface area contributed by atoms with Gasteiger partial charge in [0.25, 0.3) is 0 Å². The van der Waals surface area contributed by atoms with Crippen LogP contribution in [0, 0.1) is 13.7 Å². The normalized spacial score (nSPS) is 11.5. The lowest BCUT2D eigenvalue weighted by atomic mass is 10.1. The van der Waals surface area contributed by atoms with Gasteiger partial charge in [0, 0.05) is 12.3 Å². The number of aliphatic imine (C=N–C) groups is 1. The first-order chi connectivity index (χ1) is 15.2. The number of nitro groups is 1. The maximum atomic E-state index is 13.0. The molecule has 0 atom stereocenters. The number of nitrogens with zero attached hydrogens (tertiary/aromatic N) is 2. The van der Waals surface area contributed by atoms with Gasteiger partial charge in [-0.1, -0.05) is 18.2 Å². The molecule has 0 radical (unpaired) electrons. The first-order valence-electron chi connectivity index (χ1n) is 9.28. The lowest BCUT2D eigenvalue weighted by Crippen LogP contribution is -2.06. The van der Waals surface area contributed by atoms with Crippen molar-refractivity contribution in [2.45, 2.75) is 13.1 Å². The summed E-state index contributed by atoms with van der Waals surface area (Å²) in [6, 6.07) is 14.7. The minimum atomic E-state index is -4.71. The van der Waals surface area contributed by atoms with Gasteiger partial charge in [0.2, 0.25) is 5.75 Å². The van der Waals surface area contributed by atoms with Gasteiger partial charge in [-0.3, -0.25) is 15.1 Å². The summed E-state index contributed by atoms with van der Waals surface area (Å²) in [4.78, 5) is 14.8. The number of hydrogen-bond donors (Lipinski definition) is 0. The molecule has 0 aliphatic rings. The minimum Gasteiger partial charge on any atom is -0.490 e. The Morgan fingerprint density at radius 2 is 1.81 bits per heavy atom. The molecule has 0 saturated heterocycles. The smallest absolute Gasteiger partial charge is 0.416 e. The molecule has 0 aliphatic carbocycles. The molecular weight excluding hydrogens is 540 g/mol. The van der Waals surface area contributed by atoms with Gasteiger partial charge in [-0.2, -0.15) is 13.2 Å². The van der Waals surface area contributed by atoms with E-state index in [9.17, 15) is 23.3 Å². The summed E-state index contributed by atoms with van der Waals surface area (Å²) in [6.07, 6.45) is -3.09. The van der Waals surface area contributed by atoms with Crippen molar-refractivity contribution >= 4 is 40.2 Å². The third-order valence-corrected chi connectivity index (χ3v) is 4.95. The van der Waals surface area contributed by atoms with Crippen LogP contribution >= 0.6 is 22.6 Å². The summed E-state index contributed by atoms with van der Waals surface area (Å²) in [6.45, 7) is 2.03. The zero-order valence-corrected chi connectivity index (χ0v) is 18.8. The molecule has 0 spiro atoms. The molecule has 32 heavy (non-hydrogen) atoms. The van der Waals surface area contributed by atoms with Gasteiger partial charge in [0.05, 0.1) is 26.4 Å². The average molecular weight is 556 g/mol. The number of alkyl halides is 3. The van der Waals surface area contributed by atoms with Crippen molar-refractivity contribution in [3.05, 3.63) is 85.5 Å². The minimum absolute atomic E-state index is 0.159. The summed E-state index contributed by atoms with van der Waals surface area (Å²) in [5, 5.41) is 11.4. The highest BCUT2D eigenvalue weighted by Gasteiger charge is 2.33. The van der Waals surface area contributed by atoms with Crippen molar-refractivity contribution < 1.29 is 27.6 Å². The number of halogens is 4. The average Bonchev–Trinajstić information content (AvgIpc) is 2.74. The monoisotopic (exact) mass is 556 g/mol. The van der Waals surface area contributed by atoms with Crippen LogP contribution in [0.5, 0.6) is 17.2 Å². The van der Waals surface area contributed by atoms with E-state index in [1.54, 1.807) is 25.3 Å². The van der Waals surface area contributed by atoms with Gasteiger partial charge in [-0.05, 0) is 71.5 Å². The first kappa shape index (κ1) is 23.5. The van der Waals surface area contributed by atoms with Gasteiger partial charge < -0.3 is 9.47 Å². The lowest BCUT2D eigenvalue weighted by Gasteiger charge is -2.15. The van der Waals surface area contributed by atoms with Gasteiger partial charge in [-0.15, -0.1) is 0 Å². The zero-order valence-electron chi connectivity index (χ0n) is 16.6. The van der Waals surface area contributed by atoms with E-state index >= 15 is 0 Å². The maximum Gasteiger partial charge on any atom is 0.416 e. The molecule has 0 fully saturated rings. The van der Waals surface area contributed by atoms with Crippen molar-refractivity contribution in [1.82, 2.24) is 0 Å². The molecule has 3 aromatic rings. The number of rotatable bonds is 7. The van der Waals surface area contributed by atoms with E-state index in [1.807, 2.05) is 52.9 Å². The standard InChI is InChI=1S/C22H16F3IN2O4/c1-2-31-20-11-14(13-27-16-6-4-3-5-7-16)10-17(26)21(20)32-19-9-8-15(22(23,24)25)12-18(19)28(29)30/h3-13H,2H2,1H3. The topological polar surface area (TPSA) is 74.0 Å². The quantitative estimate of drug-likeness (QED) is 0.134. The molecule has 0 amide bonds. The van der Waals surface area contributed by atoms with Crippen LogP contribution in [0.2, 0.25) is 0 Å². The van der Waals surface area contributed by atoms with Crippen LogP contribution in [0.4, 0.5) is 24.5 Å². The van der Waals surface area contributed by atoms with Crippen LogP contribution in [0.25, 0.3) is 0 Å². The Balaban J connectivity index is 1.99. The Bertz CT molecular complexity index is 1150. The summed E-state index contributed by atoms with van der Waals surface area (Å²) in [5.74, 6) is 0.114. The number of benzene rings is 3. The van der Waals surface area contributed by atoms with Crippen LogP contribution in [-0.4, -0.2) is 17.7 Å². The maximum absolute atomic E-state index is 13.0. The molecule has 0 heterocycles.